The van der Waals surface area contributed by atoms with Gasteiger partial charge < -0.3 is 10.0 Å². The molecule has 104 valence electrons. The first kappa shape index (κ1) is 13.2. The monoisotopic (exact) mass is 267 g/mol. The van der Waals surface area contributed by atoms with Gasteiger partial charge in [0.1, 0.15) is 0 Å². The standard InChI is InChI=1S/C18H21NO/c20-11-5-7-15-6-4-10-18(12-15)19-13-17(14-19)16-8-2-1-3-9-16/h1-4,6,8-10,12,17,20H,5,7,11,13-14H2. The Morgan fingerprint density at radius 3 is 2.55 bits per heavy atom. The van der Waals surface area contributed by atoms with Gasteiger partial charge in [0, 0.05) is 31.3 Å². The highest BCUT2D eigenvalue weighted by Gasteiger charge is 2.27. The molecule has 0 aromatic heterocycles. The molecule has 1 saturated heterocycles. The first-order chi connectivity index (χ1) is 9.86. The molecule has 0 saturated carbocycles. The van der Waals surface area contributed by atoms with Crippen LogP contribution >= 0.6 is 0 Å². The number of nitrogens with zero attached hydrogens (tertiary/aromatic N) is 1. The third-order valence-corrected chi connectivity index (χ3v) is 4.05. The highest BCUT2D eigenvalue weighted by molar-refractivity contribution is 5.52. The van der Waals surface area contributed by atoms with Crippen molar-refractivity contribution >= 4 is 5.69 Å². The number of aryl methyl sites for hydroxylation is 1. The van der Waals surface area contributed by atoms with E-state index in [-0.39, 0.29) is 6.61 Å². The van der Waals surface area contributed by atoms with E-state index in [2.05, 4.69) is 59.5 Å². The summed E-state index contributed by atoms with van der Waals surface area (Å²) in [7, 11) is 0. The second kappa shape index (κ2) is 6.10. The normalized spacial score (nSPS) is 15.2. The molecule has 0 unspecified atom stereocenters. The first-order valence-electron chi connectivity index (χ1n) is 7.36. The second-order valence-corrected chi connectivity index (χ2v) is 5.51. The molecular formula is C18H21NO. The van der Waals surface area contributed by atoms with Crippen molar-refractivity contribution in [3.63, 3.8) is 0 Å². The van der Waals surface area contributed by atoms with Crippen LogP contribution in [0.15, 0.2) is 54.6 Å². The van der Waals surface area contributed by atoms with Gasteiger partial charge in [0.15, 0.2) is 0 Å². The van der Waals surface area contributed by atoms with Gasteiger partial charge in [-0.2, -0.15) is 0 Å². The van der Waals surface area contributed by atoms with E-state index < -0.39 is 0 Å². The number of anilines is 1. The van der Waals surface area contributed by atoms with Gasteiger partial charge in [-0.15, -0.1) is 0 Å². The fourth-order valence-electron chi connectivity index (χ4n) is 2.82. The fourth-order valence-corrected chi connectivity index (χ4v) is 2.82. The minimum Gasteiger partial charge on any atom is -0.396 e. The lowest BCUT2D eigenvalue weighted by Gasteiger charge is -2.41. The van der Waals surface area contributed by atoms with E-state index in [9.17, 15) is 0 Å². The molecule has 2 aromatic carbocycles. The zero-order valence-electron chi connectivity index (χ0n) is 11.7. The lowest BCUT2D eigenvalue weighted by atomic mass is 9.91. The Kier molecular flexibility index (Phi) is 4.03. The maximum Gasteiger partial charge on any atom is 0.0434 e. The molecule has 0 atom stereocenters. The van der Waals surface area contributed by atoms with Crippen LogP contribution in [0.25, 0.3) is 0 Å². The molecule has 1 aliphatic rings. The molecule has 1 fully saturated rings. The summed E-state index contributed by atoms with van der Waals surface area (Å²) in [4.78, 5) is 2.43. The van der Waals surface area contributed by atoms with E-state index in [1.807, 2.05) is 0 Å². The Morgan fingerprint density at radius 2 is 1.80 bits per heavy atom. The topological polar surface area (TPSA) is 23.5 Å². The largest absolute Gasteiger partial charge is 0.396 e. The van der Waals surface area contributed by atoms with Crippen LogP contribution in [0, 0.1) is 0 Å². The maximum absolute atomic E-state index is 8.91. The van der Waals surface area contributed by atoms with Crippen LogP contribution in [0.2, 0.25) is 0 Å². The average molecular weight is 267 g/mol. The van der Waals surface area contributed by atoms with Crippen LogP contribution in [0.5, 0.6) is 0 Å². The molecule has 2 aromatic rings. The SMILES string of the molecule is OCCCc1cccc(N2CC(c3ccccc3)C2)c1. The van der Waals surface area contributed by atoms with Crippen molar-refractivity contribution in [3.8, 4) is 0 Å². The number of hydrogen-bond donors (Lipinski definition) is 1. The highest BCUT2D eigenvalue weighted by atomic mass is 16.2. The van der Waals surface area contributed by atoms with Crippen LogP contribution in [-0.4, -0.2) is 24.8 Å². The zero-order valence-corrected chi connectivity index (χ0v) is 11.7. The number of aliphatic hydroxyl groups excluding tert-OH is 1. The second-order valence-electron chi connectivity index (χ2n) is 5.51. The van der Waals surface area contributed by atoms with Crippen molar-refractivity contribution in [1.29, 1.82) is 0 Å². The minimum atomic E-state index is 0.268. The summed E-state index contributed by atoms with van der Waals surface area (Å²) in [5.74, 6) is 0.664. The van der Waals surface area contributed by atoms with Crippen LogP contribution in [0.3, 0.4) is 0 Å². The molecule has 2 nitrogen and oxygen atoms in total. The summed E-state index contributed by atoms with van der Waals surface area (Å²) in [6.45, 7) is 2.48. The predicted molar refractivity (Wildman–Crippen MR) is 83.2 cm³/mol. The van der Waals surface area contributed by atoms with E-state index in [0.29, 0.717) is 5.92 Å². The molecule has 0 radical (unpaired) electrons. The van der Waals surface area contributed by atoms with Gasteiger partial charge in [-0.05, 0) is 36.1 Å². The van der Waals surface area contributed by atoms with Crippen molar-refractivity contribution in [1.82, 2.24) is 0 Å². The molecule has 3 rings (SSSR count). The van der Waals surface area contributed by atoms with Gasteiger partial charge >= 0.3 is 0 Å². The third-order valence-electron chi connectivity index (χ3n) is 4.05. The van der Waals surface area contributed by atoms with Crippen LogP contribution in [-0.2, 0) is 6.42 Å². The van der Waals surface area contributed by atoms with Gasteiger partial charge in [0.2, 0.25) is 0 Å². The quantitative estimate of drug-likeness (QED) is 0.899. The van der Waals surface area contributed by atoms with Gasteiger partial charge in [0.05, 0.1) is 0 Å². The summed E-state index contributed by atoms with van der Waals surface area (Å²) in [6.07, 6.45) is 1.80. The summed E-state index contributed by atoms with van der Waals surface area (Å²) in [6, 6.07) is 19.5. The maximum atomic E-state index is 8.91. The minimum absolute atomic E-state index is 0.268. The smallest absolute Gasteiger partial charge is 0.0434 e. The van der Waals surface area contributed by atoms with Crippen LogP contribution in [0.1, 0.15) is 23.5 Å². The molecule has 1 aliphatic heterocycles. The Balaban J connectivity index is 1.62. The molecule has 0 amide bonds. The lowest BCUT2D eigenvalue weighted by molar-refractivity contribution is 0.288. The Labute approximate surface area is 120 Å². The van der Waals surface area contributed by atoms with Gasteiger partial charge in [-0.25, -0.2) is 0 Å². The molecule has 1 heterocycles. The molecular weight excluding hydrogens is 246 g/mol. The number of hydrogen-bond acceptors (Lipinski definition) is 2. The summed E-state index contributed by atoms with van der Waals surface area (Å²) < 4.78 is 0. The lowest BCUT2D eigenvalue weighted by Crippen LogP contribution is -2.45. The highest BCUT2D eigenvalue weighted by Crippen LogP contribution is 2.31. The molecule has 2 heteroatoms. The first-order valence-corrected chi connectivity index (χ1v) is 7.36. The number of aliphatic hydroxyl groups is 1. The Bertz CT molecular complexity index is 546. The van der Waals surface area contributed by atoms with Crippen molar-refractivity contribution in [2.75, 3.05) is 24.6 Å². The van der Waals surface area contributed by atoms with Crippen molar-refractivity contribution in [2.24, 2.45) is 0 Å². The number of rotatable bonds is 5. The number of benzene rings is 2. The van der Waals surface area contributed by atoms with E-state index in [1.165, 1.54) is 16.8 Å². The van der Waals surface area contributed by atoms with E-state index in [0.717, 1.165) is 25.9 Å². The van der Waals surface area contributed by atoms with Gasteiger partial charge in [0.25, 0.3) is 0 Å². The van der Waals surface area contributed by atoms with Crippen molar-refractivity contribution in [3.05, 3.63) is 65.7 Å². The predicted octanol–water partition coefficient (Wildman–Crippen LogP) is 3.22. The molecule has 0 bridgehead atoms. The van der Waals surface area contributed by atoms with Crippen LogP contribution < -0.4 is 4.90 Å². The zero-order chi connectivity index (χ0) is 13.8. The van der Waals surface area contributed by atoms with Crippen molar-refractivity contribution in [2.45, 2.75) is 18.8 Å². The Morgan fingerprint density at radius 1 is 1.00 bits per heavy atom. The molecule has 0 spiro atoms. The van der Waals surface area contributed by atoms with Gasteiger partial charge in [-0.1, -0.05) is 42.5 Å². The van der Waals surface area contributed by atoms with E-state index in [4.69, 9.17) is 5.11 Å². The van der Waals surface area contributed by atoms with E-state index in [1.54, 1.807) is 0 Å². The molecule has 0 aliphatic carbocycles. The third kappa shape index (κ3) is 2.86. The average Bonchev–Trinajstić information content (AvgIpc) is 2.45. The van der Waals surface area contributed by atoms with Gasteiger partial charge in [-0.3, -0.25) is 0 Å². The Hall–Kier alpha value is -1.80. The summed E-state index contributed by atoms with van der Waals surface area (Å²) in [5, 5.41) is 8.91. The summed E-state index contributed by atoms with van der Waals surface area (Å²) >= 11 is 0. The summed E-state index contributed by atoms with van der Waals surface area (Å²) in [5.41, 5.74) is 4.08. The molecule has 20 heavy (non-hydrogen) atoms. The fraction of sp³-hybridized carbons (Fsp3) is 0.333. The van der Waals surface area contributed by atoms with E-state index >= 15 is 0 Å². The van der Waals surface area contributed by atoms with Crippen LogP contribution in [0.4, 0.5) is 5.69 Å². The van der Waals surface area contributed by atoms with Crippen molar-refractivity contribution < 1.29 is 5.11 Å². The molecule has 1 N–H and O–H groups in total.